The van der Waals surface area contributed by atoms with E-state index in [9.17, 15) is 4.79 Å². The Kier molecular flexibility index (Phi) is 6.12. The number of para-hydroxylation sites is 1. The lowest BCUT2D eigenvalue weighted by Gasteiger charge is -2.48. The molecule has 152 valence electrons. The van der Waals surface area contributed by atoms with Crippen molar-refractivity contribution in [3.8, 4) is 5.75 Å². The van der Waals surface area contributed by atoms with E-state index >= 15 is 0 Å². The first-order valence-corrected chi connectivity index (χ1v) is 10.5. The van der Waals surface area contributed by atoms with Gasteiger partial charge in [-0.25, -0.2) is 0 Å². The first-order chi connectivity index (χ1) is 14.6. The zero-order chi connectivity index (χ0) is 21.1. The molecule has 30 heavy (non-hydrogen) atoms. The molecule has 3 nitrogen and oxygen atoms in total. The number of rotatable bonds is 6. The molecule has 1 heterocycles. The van der Waals surface area contributed by atoms with Crippen LogP contribution >= 0.6 is 23.2 Å². The van der Waals surface area contributed by atoms with Crippen molar-refractivity contribution in [3.05, 3.63) is 106 Å². The summed E-state index contributed by atoms with van der Waals surface area (Å²) in [6.45, 7) is 1.94. The van der Waals surface area contributed by atoms with Gasteiger partial charge in [0.25, 0.3) is 5.91 Å². The SMILES string of the molecule is C[C@@H](c1c(Cl)cccc1Cl)N1C(=O)[C@H](Oc2ccccc2)[C@@H]1/C=C/c1ccccc1. The van der Waals surface area contributed by atoms with Crippen molar-refractivity contribution in [1.82, 2.24) is 4.90 Å². The number of carbonyl (C=O) groups excluding carboxylic acids is 1. The Hall–Kier alpha value is -2.75. The molecule has 1 saturated heterocycles. The van der Waals surface area contributed by atoms with Gasteiger partial charge in [0, 0.05) is 15.6 Å². The Bertz CT molecular complexity index is 1030. The van der Waals surface area contributed by atoms with Gasteiger partial charge in [-0.3, -0.25) is 4.79 Å². The molecule has 0 bridgehead atoms. The third kappa shape index (κ3) is 4.09. The van der Waals surface area contributed by atoms with Gasteiger partial charge in [0.1, 0.15) is 5.75 Å². The molecule has 0 N–H and O–H groups in total. The predicted octanol–water partition coefficient (Wildman–Crippen LogP) is 6.43. The van der Waals surface area contributed by atoms with Crippen LogP contribution in [0, 0.1) is 0 Å². The summed E-state index contributed by atoms with van der Waals surface area (Å²) in [7, 11) is 0. The molecule has 4 rings (SSSR count). The van der Waals surface area contributed by atoms with Gasteiger partial charge in [-0.15, -0.1) is 0 Å². The Morgan fingerprint density at radius 2 is 1.50 bits per heavy atom. The molecule has 0 aliphatic carbocycles. The molecule has 1 amide bonds. The number of ether oxygens (including phenoxy) is 1. The predicted molar refractivity (Wildman–Crippen MR) is 122 cm³/mol. The summed E-state index contributed by atoms with van der Waals surface area (Å²) in [5.41, 5.74) is 1.80. The van der Waals surface area contributed by atoms with E-state index in [2.05, 4.69) is 0 Å². The zero-order valence-corrected chi connectivity index (χ0v) is 17.9. The van der Waals surface area contributed by atoms with Gasteiger partial charge in [-0.1, -0.05) is 90.0 Å². The first-order valence-electron chi connectivity index (χ1n) is 9.77. The van der Waals surface area contributed by atoms with Crippen molar-refractivity contribution in [2.24, 2.45) is 0 Å². The molecular formula is C25H21Cl2NO2. The van der Waals surface area contributed by atoms with Crippen LogP contribution in [0.5, 0.6) is 5.75 Å². The number of halogens is 2. The van der Waals surface area contributed by atoms with Crippen LogP contribution in [-0.4, -0.2) is 23.0 Å². The number of amides is 1. The van der Waals surface area contributed by atoms with E-state index < -0.39 is 6.10 Å². The van der Waals surface area contributed by atoms with Gasteiger partial charge in [-0.2, -0.15) is 0 Å². The largest absolute Gasteiger partial charge is 0.478 e. The number of hydrogen-bond donors (Lipinski definition) is 0. The highest BCUT2D eigenvalue weighted by atomic mass is 35.5. The van der Waals surface area contributed by atoms with E-state index in [4.69, 9.17) is 27.9 Å². The summed E-state index contributed by atoms with van der Waals surface area (Å²) in [6.07, 6.45) is 3.41. The summed E-state index contributed by atoms with van der Waals surface area (Å²) < 4.78 is 6.03. The smallest absolute Gasteiger partial charge is 0.267 e. The molecule has 0 aromatic heterocycles. The summed E-state index contributed by atoms with van der Waals surface area (Å²) in [5, 5.41) is 1.09. The van der Waals surface area contributed by atoms with E-state index in [1.54, 1.807) is 23.1 Å². The monoisotopic (exact) mass is 437 g/mol. The molecule has 1 aliphatic rings. The number of β-lactam (4-membered cyclic amide) rings is 1. The van der Waals surface area contributed by atoms with E-state index in [1.807, 2.05) is 79.7 Å². The highest BCUT2D eigenvalue weighted by molar-refractivity contribution is 6.36. The fourth-order valence-electron chi connectivity index (χ4n) is 3.73. The van der Waals surface area contributed by atoms with Crippen LogP contribution < -0.4 is 4.74 Å². The highest BCUT2D eigenvalue weighted by Gasteiger charge is 2.50. The van der Waals surface area contributed by atoms with Crippen LogP contribution in [0.3, 0.4) is 0 Å². The summed E-state index contributed by atoms with van der Waals surface area (Å²) in [6, 6.07) is 24.2. The lowest BCUT2D eigenvalue weighted by Crippen LogP contribution is -2.66. The van der Waals surface area contributed by atoms with Gasteiger partial charge in [-0.05, 0) is 36.8 Å². The van der Waals surface area contributed by atoms with Crippen molar-refractivity contribution >= 4 is 35.2 Å². The fourth-order valence-corrected chi connectivity index (χ4v) is 4.45. The molecule has 0 spiro atoms. The van der Waals surface area contributed by atoms with Crippen LogP contribution in [0.4, 0.5) is 0 Å². The first kappa shape index (κ1) is 20.5. The van der Waals surface area contributed by atoms with Crippen molar-refractivity contribution < 1.29 is 9.53 Å². The van der Waals surface area contributed by atoms with E-state index in [1.165, 1.54) is 0 Å². The molecule has 1 aliphatic heterocycles. The molecule has 0 radical (unpaired) electrons. The topological polar surface area (TPSA) is 29.5 Å². The van der Waals surface area contributed by atoms with Gasteiger partial charge in [0.05, 0.1) is 12.1 Å². The quantitative estimate of drug-likeness (QED) is 0.416. The van der Waals surface area contributed by atoms with Crippen molar-refractivity contribution in [2.45, 2.75) is 25.1 Å². The molecule has 3 aromatic rings. The summed E-state index contributed by atoms with van der Waals surface area (Å²) >= 11 is 12.8. The average Bonchev–Trinajstić information content (AvgIpc) is 2.76. The molecule has 0 unspecified atom stereocenters. The number of carbonyl (C=O) groups is 1. The second kappa shape index (κ2) is 8.95. The van der Waals surface area contributed by atoms with Gasteiger partial charge < -0.3 is 9.64 Å². The van der Waals surface area contributed by atoms with Crippen molar-refractivity contribution in [2.75, 3.05) is 0 Å². The maximum atomic E-state index is 13.1. The third-order valence-corrected chi connectivity index (χ3v) is 5.91. The number of nitrogens with zero attached hydrogens (tertiary/aromatic N) is 1. The van der Waals surface area contributed by atoms with E-state index in [0.29, 0.717) is 15.8 Å². The van der Waals surface area contributed by atoms with Gasteiger partial charge in [0.15, 0.2) is 0 Å². The Morgan fingerprint density at radius 3 is 2.13 bits per heavy atom. The van der Waals surface area contributed by atoms with Crippen LogP contribution in [0.2, 0.25) is 10.0 Å². The second-order valence-electron chi connectivity index (χ2n) is 7.17. The average molecular weight is 438 g/mol. The number of benzene rings is 3. The third-order valence-electron chi connectivity index (χ3n) is 5.26. The lowest BCUT2D eigenvalue weighted by atomic mass is 9.91. The summed E-state index contributed by atoms with van der Waals surface area (Å²) in [5.74, 6) is 0.571. The molecule has 3 atom stereocenters. The highest BCUT2D eigenvalue weighted by Crippen LogP contribution is 2.40. The van der Waals surface area contributed by atoms with Crippen molar-refractivity contribution in [3.63, 3.8) is 0 Å². The number of hydrogen-bond acceptors (Lipinski definition) is 2. The van der Waals surface area contributed by atoms with E-state index in [0.717, 1.165) is 11.1 Å². The summed E-state index contributed by atoms with van der Waals surface area (Å²) in [4.78, 5) is 14.9. The second-order valence-corrected chi connectivity index (χ2v) is 7.98. The Labute approximate surface area is 186 Å². The van der Waals surface area contributed by atoms with Crippen LogP contribution in [0.15, 0.2) is 84.9 Å². The minimum Gasteiger partial charge on any atom is -0.478 e. The normalized spacial score (nSPS) is 19.6. The maximum Gasteiger partial charge on any atom is 0.267 e. The number of likely N-dealkylation sites (tertiary alicyclic amines) is 1. The fraction of sp³-hybridized carbons (Fsp3) is 0.160. The van der Waals surface area contributed by atoms with Gasteiger partial charge in [0.2, 0.25) is 6.10 Å². The van der Waals surface area contributed by atoms with Gasteiger partial charge >= 0.3 is 0 Å². The standard InChI is InChI=1S/C25H21Cl2NO2/c1-17(23-20(26)13-8-14-21(23)27)28-22(16-15-18-9-4-2-5-10-18)24(25(28)29)30-19-11-6-3-7-12-19/h2-17,22,24H,1H3/b16-15+/t17-,22-,24+/m0/s1. The van der Waals surface area contributed by atoms with Crippen LogP contribution in [-0.2, 0) is 4.79 Å². The Morgan fingerprint density at radius 1 is 0.900 bits per heavy atom. The molecule has 5 heteroatoms. The Balaban J connectivity index is 1.64. The minimum absolute atomic E-state index is 0.0925. The van der Waals surface area contributed by atoms with Crippen LogP contribution in [0.1, 0.15) is 24.1 Å². The molecule has 0 saturated carbocycles. The van der Waals surface area contributed by atoms with Crippen LogP contribution in [0.25, 0.3) is 6.08 Å². The molecule has 1 fully saturated rings. The minimum atomic E-state index is -0.601. The lowest BCUT2D eigenvalue weighted by molar-refractivity contribution is -0.163. The molecular weight excluding hydrogens is 417 g/mol. The zero-order valence-electron chi connectivity index (χ0n) is 16.4. The van der Waals surface area contributed by atoms with Crippen molar-refractivity contribution in [1.29, 1.82) is 0 Å². The molecule has 3 aromatic carbocycles. The maximum absolute atomic E-state index is 13.1. The van der Waals surface area contributed by atoms with E-state index in [-0.39, 0.29) is 18.0 Å².